The van der Waals surface area contributed by atoms with Crippen LogP contribution in [0.2, 0.25) is 0 Å². The Morgan fingerprint density at radius 1 is 1.45 bits per heavy atom. The maximum Gasteiger partial charge on any atom is 0.221 e. The van der Waals surface area contributed by atoms with E-state index in [1.54, 1.807) is 0 Å². The van der Waals surface area contributed by atoms with Crippen LogP contribution >= 0.6 is 0 Å². The molecule has 0 saturated carbocycles. The standard InChI is InChI=1S/C14H22FN3O2/c1-4-17-14(19)5-6-18-12-8-13(20-9(2)3)10(15)7-11(12)16/h7-9,18H,4-6,16H2,1-3H3,(H,17,19). The van der Waals surface area contributed by atoms with Crippen LogP contribution in [0, 0.1) is 5.82 Å². The molecule has 0 radical (unpaired) electrons. The molecule has 0 heterocycles. The van der Waals surface area contributed by atoms with Gasteiger partial charge >= 0.3 is 0 Å². The second-order valence-electron chi connectivity index (χ2n) is 4.67. The third-order valence-electron chi connectivity index (χ3n) is 2.51. The Labute approximate surface area is 118 Å². The smallest absolute Gasteiger partial charge is 0.221 e. The molecular formula is C14H22FN3O2. The summed E-state index contributed by atoms with van der Waals surface area (Å²) in [6.45, 7) is 6.52. The molecule has 20 heavy (non-hydrogen) atoms. The van der Waals surface area contributed by atoms with E-state index in [0.717, 1.165) is 0 Å². The van der Waals surface area contributed by atoms with Gasteiger partial charge in [0.2, 0.25) is 5.91 Å². The van der Waals surface area contributed by atoms with Crippen molar-refractivity contribution in [2.45, 2.75) is 33.3 Å². The normalized spacial score (nSPS) is 10.4. The molecular weight excluding hydrogens is 261 g/mol. The van der Waals surface area contributed by atoms with Crippen LogP contribution in [0.4, 0.5) is 15.8 Å². The lowest BCUT2D eigenvalue weighted by Crippen LogP contribution is -2.24. The Morgan fingerprint density at radius 2 is 2.15 bits per heavy atom. The minimum Gasteiger partial charge on any atom is -0.488 e. The first-order valence-corrected chi connectivity index (χ1v) is 6.70. The Balaban J connectivity index is 2.67. The van der Waals surface area contributed by atoms with Crippen LogP contribution in [0.25, 0.3) is 0 Å². The molecule has 1 rings (SSSR count). The number of nitrogens with one attached hydrogen (secondary N) is 2. The van der Waals surface area contributed by atoms with Gasteiger partial charge in [-0.2, -0.15) is 0 Å². The summed E-state index contributed by atoms with van der Waals surface area (Å²) in [5.41, 5.74) is 6.59. The van der Waals surface area contributed by atoms with Crippen LogP contribution in [0.5, 0.6) is 5.75 Å². The predicted octanol–water partition coefficient (Wildman–Crippen LogP) is 2.13. The zero-order chi connectivity index (χ0) is 15.1. The number of ether oxygens (including phenoxy) is 1. The van der Waals surface area contributed by atoms with Crippen LogP contribution in [0.1, 0.15) is 27.2 Å². The SMILES string of the molecule is CCNC(=O)CCNc1cc(OC(C)C)c(F)cc1N. The third-order valence-corrected chi connectivity index (χ3v) is 2.51. The van der Waals surface area contributed by atoms with Crippen molar-refractivity contribution in [3.8, 4) is 5.75 Å². The number of hydrogen-bond acceptors (Lipinski definition) is 4. The lowest BCUT2D eigenvalue weighted by atomic mass is 10.2. The number of rotatable bonds is 7. The molecule has 1 amide bonds. The van der Waals surface area contributed by atoms with Crippen molar-refractivity contribution < 1.29 is 13.9 Å². The van der Waals surface area contributed by atoms with Crippen molar-refractivity contribution in [3.05, 3.63) is 17.9 Å². The molecule has 0 fully saturated rings. The van der Waals surface area contributed by atoms with Gasteiger partial charge in [-0.1, -0.05) is 0 Å². The number of amides is 1. The predicted molar refractivity (Wildman–Crippen MR) is 78.4 cm³/mol. The van der Waals surface area contributed by atoms with Crippen molar-refractivity contribution >= 4 is 17.3 Å². The van der Waals surface area contributed by atoms with Gasteiger partial charge in [0.1, 0.15) is 0 Å². The number of carbonyl (C=O) groups is 1. The van der Waals surface area contributed by atoms with Gasteiger partial charge in [-0.15, -0.1) is 0 Å². The summed E-state index contributed by atoms with van der Waals surface area (Å²) in [6, 6.07) is 2.73. The highest BCUT2D eigenvalue weighted by Gasteiger charge is 2.10. The molecule has 0 aliphatic heterocycles. The second-order valence-corrected chi connectivity index (χ2v) is 4.67. The number of nitrogen functional groups attached to an aromatic ring is 1. The van der Waals surface area contributed by atoms with Gasteiger partial charge < -0.3 is 21.1 Å². The Hall–Kier alpha value is -1.98. The minimum atomic E-state index is -0.495. The molecule has 0 atom stereocenters. The maximum absolute atomic E-state index is 13.6. The van der Waals surface area contributed by atoms with Crippen LogP contribution < -0.4 is 21.1 Å². The molecule has 0 unspecified atom stereocenters. The van der Waals surface area contributed by atoms with Gasteiger partial charge in [0, 0.05) is 31.6 Å². The number of hydrogen-bond donors (Lipinski definition) is 3. The van der Waals surface area contributed by atoms with Crippen LogP contribution in [0.3, 0.4) is 0 Å². The molecule has 6 heteroatoms. The average Bonchev–Trinajstić information content (AvgIpc) is 2.34. The van der Waals surface area contributed by atoms with Crippen molar-refractivity contribution in [1.29, 1.82) is 0 Å². The molecule has 0 aliphatic rings. The van der Waals surface area contributed by atoms with E-state index < -0.39 is 5.82 Å². The fourth-order valence-electron chi connectivity index (χ4n) is 1.66. The first kappa shape index (κ1) is 16.1. The highest BCUT2D eigenvalue weighted by Crippen LogP contribution is 2.28. The molecule has 5 nitrogen and oxygen atoms in total. The molecule has 4 N–H and O–H groups in total. The average molecular weight is 283 g/mol. The van der Waals surface area contributed by atoms with Crippen LogP contribution in [-0.2, 0) is 4.79 Å². The van der Waals surface area contributed by atoms with E-state index in [1.165, 1.54) is 12.1 Å². The van der Waals surface area contributed by atoms with E-state index in [1.807, 2.05) is 20.8 Å². The van der Waals surface area contributed by atoms with Gasteiger partial charge in [0.25, 0.3) is 0 Å². The number of anilines is 2. The highest BCUT2D eigenvalue weighted by molar-refractivity contribution is 5.77. The largest absolute Gasteiger partial charge is 0.488 e. The molecule has 1 aromatic carbocycles. The summed E-state index contributed by atoms with van der Waals surface area (Å²) >= 11 is 0. The van der Waals surface area contributed by atoms with Crippen molar-refractivity contribution in [2.75, 3.05) is 24.1 Å². The summed E-state index contributed by atoms with van der Waals surface area (Å²) in [7, 11) is 0. The summed E-state index contributed by atoms with van der Waals surface area (Å²) in [4.78, 5) is 11.3. The Kier molecular flexibility index (Phi) is 6.09. The van der Waals surface area contributed by atoms with E-state index in [0.29, 0.717) is 25.2 Å². The number of nitrogens with two attached hydrogens (primary N) is 1. The van der Waals surface area contributed by atoms with Crippen LogP contribution in [0.15, 0.2) is 12.1 Å². The van der Waals surface area contributed by atoms with E-state index in [4.69, 9.17) is 10.5 Å². The molecule has 0 spiro atoms. The summed E-state index contributed by atoms with van der Waals surface area (Å²) in [5, 5.41) is 5.71. The van der Waals surface area contributed by atoms with Gasteiger partial charge in [0.15, 0.2) is 11.6 Å². The molecule has 0 bridgehead atoms. The number of carbonyl (C=O) groups excluding carboxylic acids is 1. The zero-order valence-corrected chi connectivity index (χ0v) is 12.1. The summed E-state index contributed by atoms with van der Waals surface area (Å²) in [6.07, 6.45) is 0.196. The van der Waals surface area contributed by atoms with Crippen molar-refractivity contribution in [2.24, 2.45) is 0 Å². The molecule has 0 aromatic heterocycles. The lowest BCUT2D eigenvalue weighted by Gasteiger charge is -2.15. The molecule has 112 valence electrons. The van der Waals surface area contributed by atoms with Gasteiger partial charge in [0.05, 0.1) is 17.5 Å². The highest BCUT2D eigenvalue weighted by atomic mass is 19.1. The van der Waals surface area contributed by atoms with Crippen molar-refractivity contribution in [3.63, 3.8) is 0 Å². The summed E-state index contributed by atoms with van der Waals surface area (Å²) in [5.74, 6) is -0.389. The van der Waals surface area contributed by atoms with Crippen LogP contribution in [-0.4, -0.2) is 25.1 Å². The monoisotopic (exact) mass is 283 g/mol. The van der Waals surface area contributed by atoms with Gasteiger partial charge in [-0.25, -0.2) is 4.39 Å². The first-order valence-electron chi connectivity index (χ1n) is 6.70. The van der Waals surface area contributed by atoms with Gasteiger partial charge in [-0.05, 0) is 20.8 Å². The maximum atomic E-state index is 13.6. The lowest BCUT2D eigenvalue weighted by molar-refractivity contribution is -0.120. The van der Waals surface area contributed by atoms with E-state index >= 15 is 0 Å². The number of halogens is 1. The van der Waals surface area contributed by atoms with E-state index in [-0.39, 0.29) is 23.4 Å². The quantitative estimate of drug-likeness (QED) is 0.670. The zero-order valence-electron chi connectivity index (χ0n) is 12.1. The first-order chi connectivity index (χ1) is 9.43. The van der Waals surface area contributed by atoms with Gasteiger partial charge in [-0.3, -0.25) is 4.79 Å². The minimum absolute atomic E-state index is 0.0423. The topological polar surface area (TPSA) is 76.4 Å². The summed E-state index contributed by atoms with van der Waals surface area (Å²) < 4.78 is 19.0. The molecule has 0 aliphatic carbocycles. The second kappa shape index (κ2) is 7.57. The Morgan fingerprint density at radius 3 is 2.75 bits per heavy atom. The van der Waals surface area contributed by atoms with E-state index in [9.17, 15) is 9.18 Å². The fraction of sp³-hybridized carbons (Fsp3) is 0.500. The Bertz CT molecular complexity index is 464. The fourth-order valence-corrected chi connectivity index (χ4v) is 1.66. The molecule has 1 aromatic rings. The molecule has 0 saturated heterocycles. The van der Waals surface area contributed by atoms with Crippen molar-refractivity contribution in [1.82, 2.24) is 5.32 Å². The van der Waals surface area contributed by atoms with E-state index in [2.05, 4.69) is 10.6 Å². The number of benzene rings is 1. The third kappa shape index (κ3) is 4.95.